The number of nitrogens with zero attached hydrogens (tertiary/aromatic N) is 1. The van der Waals surface area contributed by atoms with Crippen LogP contribution in [0.4, 0.5) is 5.69 Å². The van der Waals surface area contributed by atoms with Crippen molar-refractivity contribution in [2.45, 2.75) is 18.9 Å². The van der Waals surface area contributed by atoms with Crippen molar-refractivity contribution in [1.29, 1.82) is 0 Å². The lowest BCUT2D eigenvalue weighted by Gasteiger charge is -2.11. The number of phenolic OH excluding ortho intramolecular Hbond substituents is 1. The molecule has 2 N–H and O–H groups in total. The van der Waals surface area contributed by atoms with Crippen LogP contribution in [-0.4, -0.2) is 37.4 Å². The Labute approximate surface area is 177 Å². The van der Waals surface area contributed by atoms with E-state index in [1.54, 1.807) is 30.3 Å². The monoisotopic (exact) mass is 428 g/mol. The summed E-state index contributed by atoms with van der Waals surface area (Å²) in [5, 5.41) is 13.8. The van der Waals surface area contributed by atoms with Crippen LogP contribution in [0.5, 0.6) is 11.5 Å². The van der Waals surface area contributed by atoms with E-state index >= 15 is 0 Å². The lowest BCUT2D eigenvalue weighted by molar-refractivity contribution is 0.0854. The van der Waals surface area contributed by atoms with Crippen LogP contribution in [0, 0.1) is 0 Å². The molecule has 0 aliphatic carbocycles. The molecule has 1 aromatic heterocycles. The van der Waals surface area contributed by atoms with Crippen molar-refractivity contribution >= 4 is 34.2 Å². The first-order chi connectivity index (χ1) is 14.5. The molecule has 0 spiro atoms. The number of nitrogens with one attached hydrogen (secondary N) is 1. The third-order valence-corrected chi connectivity index (χ3v) is 5.09. The summed E-state index contributed by atoms with van der Waals surface area (Å²) < 4.78 is 16.8. The van der Waals surface area contributed by atoms with Gasteiger partial charge < -0.3 is 24.3 Å². The number of ether oxygens (including phenoxy) is 2. The normalized spacial score (nSPS) is 16.7. The van der Waals surface area contributed by atoms with E-state index in [0.29, 0.717) is 40.6 Å². The van der Waals surface area contributed by atoms with Gasteiger partial charge in [-0.05, 0) is 49.2 Å². The minimum Gasteiger partial charge on any atom is -0.508 e. The van der Waals surface area contributed by atoms with E-state index in [2.05, 4.69) is 10.3 Å². The summed E-state index contributed by atoms with van der Waals surface area (Å²) in [4.78, 5) is 17.5. The van der Waals surface area contributed by atoms with Gasteiger partial charge in [-0.15, -0.1) is 0 Å². The highest BCUT2D eigenvalue weighted by Gasteiger charge is 2.19. The van der Waals surface area contributed by atoms with Crippen molar-refractivity contribution in [1.82, 2.24) is 5.32 Å². The van der Waals surface area contributed by atoms with Crippen molar-refractivity contribution in [3.05, 3.63) is 58.6 Å². The van der Waals surface area contributed by atoms with E-state index in [9.17, 15) is 9.90 Å². The molecule has 30 heavy (non-hydrogen) atoms. The number of rotatable bonds is 5. The molecule has 2 heterocycles. The summed E-state index contributed by atoms with van der Waals surface area (Å²) in [6.45, 7) is 1.12. The molecular formula is C22H21ClN2O5. The highest BCUT2D eigenvalue weighted by molar-refractivity contribution is 6.30. The Morgan fingerprint density at radius 2 is 2.17 bits per heavy atom. The van der Waals surface area contributed by atoms with Gasteiger partial charge in [0.2, 0.25) is 5.55 Å². The maximum Gasteiger partial charge on any atom is 0.256 e. The summed E-state index contributed by atoms with van der Waals surface area (Å²) in [7, 11) is 1.52. The van der Waals surface area contributed by atoms with Crippen LogP contribution in [0.3, 0.4) is 0 Å². The lowest BCUT2D eigenvalue weighted by Crippen LogP contribution is -2.34. The number of halogens is 1. The largest absolute Gasteiger partial charge is 0.508 e. The number of amides is 1. The van der Waals surface area contributed by atoms with Crippen molar-refractivity contribution in [3.8, 4) is 11.5 Å². The highest BCUT2D eigenvalue weighted by atomic mass is 35.5. The Morgan fingerprint density at radius 3 is 2.93 bits per heavy atom. The van der Waals surface area contributed by atoms with Crippen molar-refractivity contribution in [2.24, 2.45) is 4.99 Å². The second-order valence-corrected chi connectivity index (χ2v) is 7.40. The number of hydrogen-bond acceptors (Lipinski definition) is 6. The minimum absolute atomic E-state index is 0.0108. The number of benzene rings is 2. The highest BCUT2D eigenvalue weighted by Crippen LogP contribution is 2.30. The molecule has 1 amide bonds. The quantitative estimate of drug-likeness (QED) is 0.642. The van der Waals surface area contributed by atoms with Gasteiger partial charge in [0.15, 0.2) is 0 Å². The average molecular weight is 429 g/mol. The fourth-order valence-corrected chi connectivity index (χ4v) is 3.49. The van der Waals surface area contributed by atoms with Crippen molar-refractivity contribution < 1.29 is 23.8 Å². The van der Waals surface area contributed by atoms with Gasteiger partial charge in [-0.1, -0.05) is 11.6 Å². The van der Waals surface area contributed by atoms with E-state index in [1.165, 1.54) is 19.2 Å². The summed E-state index contributed by atoms with van der Waals surface area (Å²) in [5.41, 5.74) is 1.15. The molecule has 0 unspecified atom stereocenters. The first-order valence-electron chi connectivity index (χ1n) is 9.58. The third-order valence-electron chi connectivity index (χ3n) is 4.86. The molecule has 1 aliphatic rings. The van der Waals surface area contributed by atoms with Gasteiger partial charge in [0.1, 0.15) is 28.3 Å². The number of methoxy groups -OCH3 is 1. The molecule has 4 rings (SSSR count). The first kappa shape index (κ1) is 20.3. The maximum atomic E-state index is 13.0. The average Bonchev–Trinajstić information content (AvgIpc) is 3.25. The molecule has 7 nitrogen and oxygen atoms in total. The third kappa shape index (κ3) is 4.42. The number of aromatic hydroxyl groups is 1. The second kappa shape index (κ2) is 8.77. The van der Waals surface area contributed by atoms with Crippen LogP contribution in [0.25, 0.3) is 11.0 Å². The van der Waals surface area contributed by atoms with Gasteiger partial charge in [0.25, 0.3) is 5.91 Å². The van der Waals surface area contributed by atoms with E-state index in [-0.39, 0.29) is 28.9 Å². The van der Waals surface area contributed by atoms with Gasteiger partial charge in [-0.25, -0.2) is 4.99 Å². The fourth-order valence-electron chi connectivity index (χ4n) is 3.32. The topological polar surface area (TPSA) is 93.3 Å². The maximum absolute atomic E-state index is 13.0. The molecule has 3 aromatic rings. The number of hydrogen-bond donors (Lipinski definition) is 2. The van der Waals surface area contributed by atoms with Crippen LogP contribution in [0.1, 0.15) is 23.2 Å². The molecule has 0 saturated carbocycles. The molecular weight excluding hydrogens is 408 g/mol. The van der Waals surface area contributed by atoms with Crippen LogP contribution < -0.4 is 15.6 Å². The van der Waals surface area contributed by atoms with Gasteiger partial charge in [0, 0.05) is 29.6 Å². The standard InChI is InChI=1S/C22H21ClN2O5/c1-28-19-7-5-14(23)10-18(19)25-22-17(21(27)24-12-16-3-2-8-29-16)9-13-4-6-15(26)11-20(13)30-22/h4-7,9-11,16,26H,2-3,8,12H2,1H3,(H,24,27)/t16-/m1/s1. The SMILES string of the molecule is COc1ccc(Cl)cc1N=c1oc2cc(O)ccc2cc1C(=O)NC[C@H]1CCCO1. The zero-order valence-electron chi connectivity index (χ0n) is 16.4. The molecule has 1 fully saturated rings. The molecule has 8 heteroatoms. The Morgan fingerprint density at radius 1 is 1.30 bits per heavy atom. The van der Waals surface area contributed by atoms with Gasteiger partial charge in [-0.2, -0.15) is 0 Å². The zero-order valence-corrected chi connectivity index (χ0v) is 17.1. The number of carbonyl (C=O) groups is 1. The number of fused-ring (bicyclic) bond motifs is 1. The van der Waals surface area contributed by atoms with E-state index in [4.69, 9.17) is 25.5 Å². The predicted molar refractivity (Wildman–Crippen MR) is 112 cm³/mol. The van der Waals surface area contributed by atoms with E-state index in [1.807, 2.05) is 0 Å². The molecule has 1 saturated heterocycles. The molecule has 1 atom stereocenters. The van der Waals surface area contributed by atoms with E-state index < -0.39 is 0 Å². The second-order valence-electron chi connectivity index (χ2n) is 6.96. The zero-order chi connectivity index (χ0) is 21.1. The van der Waals surface area contributed by atoms with Gasteiger partial charge in [0.05, 0.1) is 13.2 Å². The van der Waals surface area contributed by atoms with Crippen molar-refractivity contribution in [2.75, 3.05) is 20.3 Å². The smallest absolute Gasteiger partial charge is 0.256 e. The lowest BCUT2D eigenvalue weighted by atomic mass is 10.1. The Balaban J connectivity index is 1.80. The Kier molecular flexibility index (Phi) is 5.92. The Hall–Kier alpha value is -3.03. The molecule has 2 aromatic carbocycles. The molecule has 156 valence electrons. The van der Waals surface area contributed by atoms with Gasteiger partial charge >= 0.3 is 0 Å². The fraction of sp³-hybridized carbons (Fsp3) is 0.273. The van der Waals surface area contributed by atoms with Crippen LogP contribution in [0.2, 0.25) is 5.02 Å². The minimum atomic E-state index is -0.330. The van der Waals surface area contributed by atoms with E-state index in [0.717, 1.165) is 12.8 Å². The summed E-state index contributed by atoms with van der Waals surface area (Å²) in [5.74, 6) is 0.202. The Bertz CT molecular complexity index is 1150. The predicted octanol–water partition coefficient (Wildman–Crippen LogP) is 3.94. The summed E-state index contributed by atoms with van der Waals surface area (Å²) in [6, 6.07) is 11.3. The van der Waals surface area contributed by atoms with Crippen LogP contribution in [0.15, 0.2) is 51.9 Å². The summed E-state index contributed by atoms with van der Waals surface area (Å²) in [6.07, 6.45) is 1.92. The van der Waals surface area contributed by atoms with Crippen LogP contribution >= 0.6 is 11.6 Å². The summed E-state index contributed by atoms with van der Waals surface area (Å²) >= 11 is 6.11. The molecule has 0 radical (unpaired) electrons. The molecule has 0 bridgehead atoms. The first-order valence-corrected chi connectivity index (χ1v) is 9.96. The van der Waals surface area contributed by atoms with Crippen molar-refractivity contribution in [3.63, 3.8) is 0 Å². The van der Waals surface area contributed by atoms with Gasteiger partial charge in [-0.3, -0.25) is 4.79 Å². The molecule has 1 aliphatic heterocycles. The number of phenols is 1. The van der Waals surface area contributed by atoms with Crippen LogP contribution in [-0.2, 0) is 4.74 Å². The number of carbonyl (C=O) groups excluding carboxylic acids is 1.